The van der Waals surface area contributed by atoms with E-state index in [4.69, 9.17) is 8.94 Å². The van der Waals surface area contributed by atoms with Gasteiger partial charge in [-0.3, -0.25) is 0 Å². The molecule has 0 fully saturated rings. The average molecular weight is 329 g/mol. The van der Waals surface area contributed by atoms with E-state index in [9.17, 15) is 0 Å². The van der Waals surface area contributed by atoms with Crippen LogP contribution in [0.25, 0.3) is 0 Å². The van der Waals surface area contributed by atoms with Crippen LogP contribution in [0.15, 0.2) is 34.7 Å². The highest BCUT2D eigenvalue weighted by atomic mass is 31.2. The Balaban J connectivity index is 3.29. The Labute approximate surface area is 126 Å². The van der Waals surface area contributed by atoms with Gasteiger partial charge < -0.3 is 8.94 Å². The first-order chi connectivity index (χ1) is 8.91. The van der Waals surface area contributed by atoms with E-state index in [1.54, 1.807) is 0 Å². The van der Waals surface area contributed by atoms with Crippen LogP contribution in [0.2, 0.25) is 39.3 Å². The van der Waals surface area contributed by atoms with Crippen LogP contribution in [0.4, 0.5) is 5.69 Å². The van der Waals surface area contributed by atoms with Gasteiger partial charge in [0.05, 0.1) is 12.9 Å². The molecule has 0 aliphatic carbocycles. The second kappa shape index (κ2) is 6.18. The molecule has 0 atom stereocenters. The predicted octanol–water partition coefficient (Wildman–Crippen LogP) is 5.47. The number of benzene rings is 1. The van der Waals surface area contributed by atoms with Crippen LogP contribution in [-0.2, 0) is 4.53 Å². The van der Waals surface area contributed by atoms with E-state index in [1.807, 2.05) is 6.07 Å². The molecule has 0 N–H and O–H groups in total. The van der Waals surface area contributed by atoms with Gasteiger partial charge in [0, 0.05) is 0 Å². The molecule has 3 nitrogen and oxygen atoms in total. The fourth-order valence-corrected chi connectivity index (χ4v) is 11.1. The maximum absolute atomic E-state index is 6.38. The lowest BCUT2D eigenvalue weighted by molar-refractivity contribution is 0.341. The normalized spacial score (nSPS) is 13.2. The molecule has 0 aliphatic rings. The van der Waals surface area contributed by atoms with E-state index < -0.39 is 23.8 Å². The number of hydrogen-bond acceptors (Lipinski definition) is 2. The Kier molecular flexibility index (Phi) is 5.47. The van der Waals surface area contributed by atoms with E-state index >= 15 is 0 Å². The molecule has 0 spiro atoms. The summed E-state index contributed by atoms with van der Waals surface area (Å²) >= 11 is 0. The Hall–Kier alpha value is -0.356. The molecule has 0 unspecified atom stereocenters. The molecule has 1 aromatic rings. The largest absolute Gasteiger partial charge is 0.318 e. The number of hydrogen-bond donors (Lipinski definition) is 0. The van der Waals surface area contributed by atoms with Gasteiger partial charge in [-0.15, -0.1) is 0 Å². The lowest BCUT2D eigenvalue weighted by Gasteiger charge is -2.38. The van der Waals surface area contributed by atoms with Crippen LogP contribution < -0.4 is 4.83 Å². The van der Waals surface area contributed by atoms with Gasteiger partial charge in [-0.2, -0.15) is 0 Å². The number of anilines is 1. The molecule has 0 heterocycles. The first-order valence-electron chi connectivity index (χ1n) is 7.04. The first-order valence-corrected chi connectivity index (χ1v) is 16.5. The van der Waals surface area contributed by atoms with E-state index in [0.29, 0.717) is 0 Å². The van der Waals surface area contributed by atoms with Crippen molar-refractivity contribution in [3.05, 3.63) is 30.3 Å². The SMILES string of the molecule is C[Si](C)(C)N=P(C)(C)N(O[Si](C)(C)C)c1ccccc1. The quantitative estimate of drug-likeness (QED) is 0.407. The van der Waals surface area contributed by atoms with Crippen LogP contribution in [0.1, 0.15) is 0 Å². The molecule has 1 rings (SSSR count). The number of para-hydroxylation sites is 1. The second-order valence-electron chi connectivity index (χ2n) is 7.42. The molecule has 0 aliphatic heterocycles. The maximum Gasteiger partial charge on any atom is 0.221 e. The molecule has 0 saturated carbocycles. The van der Waals surface area contributed by atoms with E-state index in [-0.39, 0.29) is 0 Å². The minimum absolute atomic E-state index is 1.12. The lowest BCUT2D eigenvalue weighted by atomic mass is 10.3. The van der Waals surface area contributed by atoms with E-state index in [2.05, 4.69) is 81.7 Å². The Morgan fingerprint density at radius 2 is 1.45 bits per heavy atom. The van der Waals surface area contributed by atoms with Crippen molar-refractivity contribution in [3.8, 4) is 0 Å². The molecular weight excluding hydrogens is 299 g/mol. The van der Waals surface area contributed by atoms with Gasteiger partial charge in [0.15, 0.2) is 8.24 Å². The molecule has 0 bridgehead atoms. The van der Waals surface area contributed by atoms with Gasteiger partial charge in [0.25, 0.3) is 0 Å². The minimum Gasteiger partial charge on any atom is -0.318 e. The van der Waals surface area contributed by atoms with Crippen LogP contribution in [0.3, 0.4) is 0 Å². The maximum atomic E-state index is 6.38. The molecule has 0 aromatic heterocycles. The first kappa shape index (κ1) is 17.7. The predicted molar refractivity (Wildman–Crippen MR) is 97.9 cm³/mol. The number of nitrogens with zero attached hydrogens (tertiary/aromatic N) is 2. The van der Waals surface area contributed by atoms with Crippen molar-refractivity contribution in [2.24, 2.45) is 4.41 Å². The van der Waals surface area contributed by atoms with Crippen molar-refractivity contribution >= 4 is 29.4 Å². The van der Waals surface area contributed by atoms with Crippen molar-refractivity contribution < 1.29 is 4.53 Å². The zero-order chi connectivity index (χ0) is 15.6. The number of rotatable bonds is 5. The topological polar surface area (TPSA) is 24.8 Å². The molecule has 6 heteroatoms. The monoisotopic (exact) mass is 328 g/mol. The zero-order valence-corrected chi connectivity index (χ0v) is 17.0. The fourth-order valence-electron chi connectivity index (χ4n) is 2.02. The highest BCUT2D eigenvalue weighted by Gasteiger charge is 2.28. The van der Waals surface area contributed by atoms with Crippen molar-refractivity contribution in [1.29, 1.82) is 0 Å². The third-order valence-electron chi connectivity index (χ3n) is 2.33. The zero-order valence-electron chi connectivity index (χ0n) is 14.1. The smallest absolute Gasteiger partial charge is 0.221 e. The van der Waals surface area contributed by atoms with Crippen molar-refractivity contribution in [2.45, 2.75) is 39.3 Å². The average Bonchev–Trinajstić information content (AvgIpc) is 2.22. The summed E-state index contributed by atoms with van der Waals surface area (Å²) in [7, 11) is -4.83. The summed E-state index contributed by atoms with van der Waals surface area (Å²) < 4.78 is 11.6. The Morgan fingerprint density at radius 1 is 0.950 bits per heavy atom. The summed E-state index contributed by atoms with van der Waals surface area (Å²) in [5, 5.41) is 0. The van der Waals surface area contributed by atoms with Gasteiger partial charge in [0.2, 0.25) is 8.32 Å². The van der Waals surface area contributed by atoms with Gasteiger partial charge in [0.1, 0.15) is 0 Å². The summed E-state index contributed by atoms with van der Waals surface area (Å²) in [5.74, 6) is 0. The third-order valence-corrected chi connectivity index (χ3v) is 8.77. The molecule has 0 amide bonds. The molecule has 20 heavy (non-hydrogen) atoms. The van der Waals surface area contributed by atoms with E-state index in [0.717, 1.165) is 5.69 Å². The third kappa shape index (κ3) is 5.96. The van der Waals surface area contributed by atoms with Gasteiger partial charge in [-0.1, -0.05) is 37.8 Å². The Morgan fingerprint density at radius 3 is 1.85 bits per heavy atom. The summed E-state index contributed by atoms with van der Waals surface area (Å²) in [6.07, 6.45) is 0. The highest BCUT2D eigenvalue weighted by Crippen LogP contribution is 2.50. The Bertz CT molecular complexity index is 486. The molecular formula is C14H29N2OPSi2. The fraction of sp³-hybridized carbons (Fsp3) is 0.571. The van der Waals surface area contributed by atoms with Gasteiger partial charge >= 0.3 is 0 Å². The standard InChI is InChI=1S/C14H29N2OPSi2/c1-18(2,15-19(3,4)5)16(17-20(6,7)8)14-12-10-9-11-13-14/h9-13H,1-8H3. The molecule has 114 valence electrons. The molecule has 0 saturated heterocycles. The van der Waals surface area contributed by atoms with Crippen LogP contribution >= 0.6 is 7.21 Å². The summed E-state index contributed by atoms with van der Waals surface area (Å²) in [5.41, 5.74) is 1.12. The summed E-state index contributed by atoms with van der Waals surface area (Å²) in [6, 6.07) is 10.4. The minimum atomic E-state index is -1.68. The van der Waals surface area contributed by atoms with Gasteiger partial charge in [-0.05, 0) is 45.1 Å². The van der Waals surface area contributed by atoms with Gasteiger partial charge in [-0.25, -0.2) is 4.83 Å². The summed E-state index contributed by atoms with van der Waals surface area (Å²) in [4.78, 5) is 2.12. The molecule has 1 aromatic carbocycles. The van der Waals surface area contributed by atoms with E-state index in [1.165, 1.54) is 0 Å². The van der Waals surface area contributed by atoms with Crippen molar-refractivity contribution in [3.63, 3.8) is 0 Å². The van der Waals surface area contributed by atoms with Crippen LogP contribution in [0, 0.1) is 0 Å². The van der Waals surface area contributed by atoms with Crippen molar-refractivity contribution in [1.82, 2.24) is 0 Å². The van der Waals surface area contributed by atoms with Crippen LogP contribution in [0.5, 0.6) is 0 Å². The highest BCUT2D eigenvalue weighted by molar-refractivity contribution is 7.67. The van der Waals surface area contributed by atoms with Crippen LogP contribution in [-0.4, -0.2) is 29.9 Å². The second-order valence-corrected chi connectivity index (χ2v) is 20.0. The van der Waals surface area contributed by atoms with Crippen molar-refractivity contribution in [2.75, 3.05) is 18.2 Å². The summed E-state index contributed by atoms with van der Waals surface area (Å²) in [6.45, 7) is 18.0. The lowest BCUT2D eigenvalue weighted by Crippen LogP contribution is -2.36. The molecule has 0 radical (unpaired) electrons.